The van der Waals surface area contributed by atoms with Gasteiger partial charge in [-0.2, -0.15) is 0 Å². The molecule has 0 atom stereocenters. The Labute approximate surface area is 155 Å². The highest BCUT2D eigenvalue weighted by atomic mass is 16.3. The predicted octanol–water partition coefficient (Wildman–Crippen LogP) is 5.87. The molecule has 0 saturated heterocycles. The molecular formula is C23H25NO2. The Kier molecular flexibility index (Phi) is 5.57. The van der Waals surface area contributed by atoms with Gasteiger partial charge in [-0.1, -0.05) is 49.6 Å². The summed E-state index contributed by atoms with van der Waals surface area (Å²) in [5, 5.41) is 21.8. The first kappa shape index (κ1) is 18.0. The van der Waals surface area contributed by atoms with Crippen molar-refractivity contribution >= 4 is 0 Å². The molecule has 0 unspecified atom stereocenters. The molecule has 1 aromatic heterocycles. The number of phenols is 2. The van der Waals surface area contributed by atoms with Crippen molar-refractivity contribution in [2.75, 3.05) is 0 Å². The average Bonchev–Trinajstić information content (AvgIpc) is 2.62. The minimum Gasteiger partial charge on any atom is -0.507 e. The van der Waals surface area contributed by atoms with Crippen molar-refractivity contribution in [3.05, 3.63) is 66.0 Å². The second kappa shape index (κ2) is 8.05. The second-order valence-corrected chi connectivity index (χ2v) is 6.72. The summed E-state index contributed by atoms with van der Waals surface area (Å²) in [5.74, 6) is 0.255. The molecule has 0 aliphatic carbocycles. The van der Waals surface area contributed by atoms with Gasteiger partial charge in [0.25, 0.3) is 0 Å². The number of hydrogen-bond donors (Lipinski definition) is 2. The van der Waals surface area contributed by atoms with Crippen molar-refractivity contribution in [1.82, 2.24) is 4.98 Å². The summed E-state index contributed by atoms with van der Waals surface area (Å²) in [4.78, 5) is 4.08. The van der Waals surface area contributed by atoms with E-state index in [1.165, 1.54) is 0 Å². The normalized spacial score (nSPS) is 10.8. The molecule has 0 bridgehead atoms. The molecule has 0 saturated carbocycles. The molecule has 0 spiro atoms. The van der Waals surface area contributed by atoms with Crippen LogP contribution in [0.2, 0.25) is 0 Å². The monoisotopic (exact) mass is 347 g/mol. The fourth-order valence-electron chi connectivity index (χ4n) is 3.40. The Bertz CT molecular complexity index is 888. The zero-order valence-electron chi connectivity index (χ0n) is 15.4. The van der Waals surface area contributed by atoms with Crippen LogP contribution in [0.3, 0.4) is 0 Å². The van der Waals surface area contributed by atoms with E-state index in [1.54, 1.807) is 12.4 Å². The van der Waals surface area contributed by atoms with Crippen molar-refractivity contribution in [2.24, 2.45) is 0 Å². The minimum atomic E-state index is 0.123. The minimum absolute atomic E-state index is 0.123. The number of phenolic OH excluding ortho intramolecular Hbond substituents is 2. The van der Waals surface area contributed by atoms with Crippen molar-refractivity contribution < 1.29 is 10.2 Å². The Balaban J connectivity index is 2.19. The molecule has 134 valence electrons. The highest BCUT2D eigenvalue weighted by Gasteiger charge is 2.20. The molecule has 2 aromatic carbocycles. The molecule has 0 aliphatic rings. The van der Waals surface area contributed by atoms with Crippen LogP contribution >= 0.6 is 0 Å². The smallest absolute Gasteiger partial charge is 0.135 e. The molecule has 0 radical (unpaired) electrons. The lowest BCUT2D eigenvalue weighted by atomic mass is 9.90. The molecular weight excluding hydrogens is 322 g/mol. The Morgan fingerprint density at radius 3 is 2.35 bits per heavy atom. The third kappa shape index (κ3) is 3.72. The highest BCUT2D eigenvalue weighted by Crippen LogP contribution is 2.46. The maximum Gasteiger partial charge on any atom is 0.135 e. The quantitative estimate of drug-likeness (QED) is 0.548. The third-order valence-corrected chi connectivity index (χ3v) is 4.69. The van der Waals surface area contributed by atoms with E-state index in [2.05, 4.69) is 11.9 Å². The van der Waals surface area contributed by atoms with Gasteiger partial charge in [0, 0.05) is 18.0 Å². The topological polar surface area (TPSA) is 53.4 Å². The van der Waals surface area contributed by atoms with Crippen molar-refractivity contribution in [3.63, 3.8) is 0 Å². The number of unbranched alkanes of at least 4 members (excludes halogenated alkanes) is 2. The summed E-state index contributed by atoms with van der Waals surface area (Å²) in [6, 6.07) is 13.4. The molecule has 3 rings (SSSR count). The highest BCUT2D eigenvalue weighted by molar-refractivity contribution is 5.87. The third-order valence-electron chi connectivity index (χ3n) is 4.69. The van der Waals surface area contributed by atoms with Crippen LogP contribution in [0.15, 0.2) is 54.9 Å². The van der Waals surface area contributed by atoms with E-state index in [9.17, 15) is 10.2 Å². The van der Waals surface area contributed by atoms with Gasteiger partial charge in [-0.3, -0.25) is 4.98 Å². The van der Waals surface area contributed by atoms with Crippen LogP contribution in [0.4, 0.5) is 0 Å². The van der Waals surface area contributed by atoms with Gasteiger partial charge in [0.05, 0.1) is 5.56 Å². The van der Waals surface area contributed by atoms with Crippen LogP contribution < -0.4 is 0 Å². The summed E-state index contributed by atoms with van der Waals surface area (Å²) >= 11 is 0. The van der Waals surface area contributed by atoms with Crippen LogP contribution in [-0.2, 0) is 6.42 Å². The van der Waals surface area contributed by atoms with Gasteiger partial charge in [0.1, 0.15) is 11.5 Å². The van der Waals surface area contributed by atoms with E-state index < -0.39 is 0 Å². The fourth-order valence-corrected chi connectivity index (χ4v) is 3.40. The van der Waals surface area contributed by atoms with Crippen molar-refractivity contribution in [3.8, 4) is 33.8 Å². The number of nitrogens with zero attached hydrogens (tertiary/aromatic N) is 1. The van der Waals surface area contributed by atoms with Crippen molar-refractivity contribution in [2.45, 2.75) is 39.5 Å². The number of aromatic nitrogens is 1. The summed E-state index contributed by atoms with van der Waals surface area (Å²) in [6.45, 7) is 4.17. The van der Waals surface area contributed by atoms with E-state index in [1.807, 2.05) is 49.4 Å². The summed E-state index contributed by atoms with van der Waals surface area (Å²) < 4.78 is 0. The van der Waals surface area contributed by atoms with Gasteiger partial charge < -0.3 is 10.2 Å². The number of hydrogen-bond acceptors (Lipinski definition) is 3. The number of aryl methyl sites for hydroxylation is 2. The van der Waals surface area contributed by atoms with Crippen LogP contribution in [-0.4, -0.2) is 15.2 Å². The lowest BCUT2D eigenvalue weighted by Crippen LogP contribution is -1.95. The van der Waals surface area contributed by atoms with E-state index in [0.717, 1.165) is 53.5 Å². The molecule has 0 fully saturated rings. The molecule has 3 heteroatoms. The molecule has 0 amide bonds. The first-order valence-electron chi connectivity index (χ1n) is 9.17. The van der Waals surface area contributed by atoms with Gasteiger partial charge in [-0.15, -0.1) is 0 Å². The van der Waals surface area contributed by atoms with Gasteiger partial charge in [-0.05, 0) is 54.7 Å². The van der Waals surface area contributed by atoms with E-state index in [-0.39, 0.29) is 11.5 Å². The standard InChI is InChI=1S/C23H25NO2/c1-3-4-5-8-19-15-20(25)22(18-9-6-7-16(2)14-18)23(26)21(19)17-10-12-24-13-11-17/h6-7,9-15,25-26H,3-5,8H2,1-2H3. The van der Waals surface area contributed by atoms with Gasteiger partial charge in [0.15, 0.2) is 0 Å². The SMILES string of the molecule is CCCCCc1cc(O)c(-c2cccc(C)c2)c(O)c1-c1ccncc1. The van der Waals surface area contributed by atoms with E-state index >= 15 is 0 Å². The molecule has 2 N–H and O–H groups in total. The lowest BCUT2D eigenvalue weighted by molar-refractivity contribution is 0.454. The molecule has 0 aliphatic heterocycles. The van der Waals surface area contributed by atoms with Crippen molar-refractivity contribution in [1.29, 1.82) is 0 Å². The van der Waals surface area contributed by atoms with Gasteiger partial charge in [0.2, 0.25) is 0 Å². The summed E-state index contributed by atoms with van der Waals surface area (Å²) in [5.41, 5.74) is 5.06. The second-order valence-electron chi connectivity index (χ2n) is 6.72. The van der Waals surface area contributed by atoms with Crippen LogP contribution in [0.25, 0.3) is 22.3 Å². The summed E-state index contributed by atoms with van der Waals surface area (Å²) in [6.07, 6.45) is 7.55. The Morgan fingerprint density at radius 2 is 1.65 bits per heavy atom. The zero-order chi connectivity index (χ0) is 18.5. The lowest BCUT2D eigenvalue weighted by Gasteiger charge is -2.17. The number of aromatic hydroxyl groups is 2. The van der Waals surface area contributed by atoms with E-state index in [0.29, 0.717) is 5.56 Å². The first-order chi connectivity index (χ1) is 12.6. The average molecular weight is 347 g/mol. The maximum atomic E-state index is 11.1. The van der Waals surface area contributed by atoms with Gasteiger partial charge >= 0.3 is 0 Å². The molecule has 3 aromatic rings. The predicted molar refractivity (Wildman–Crippen MR) is 106 cm³/mol. The molecule has 26 heavy (non-hydrogen) atoms. The van der Waals surface area contributed by atoms with Crippen LogP contribution in [0.5, 0.6) is 11.5 Å². The number of pyridine rings is 1. The van der Waals surface area contributed by atoms with Crippen LogP contribution in [0.1, 0.15) is 37.3 Å². The van der Waals surface area contributed by atoms with E-state index in [4.69, 9.17) is 0 Å². The fraction of sp³-hybridized carbons (Fsp3) is 0.261. The number of benzene rings is 2. The number of rotatable bonds is 6. The van der Waals surface area contributed by atoms with Crippen LogP contribution in [0, 0.1) is 6.92 Å². The Hall–Kier alpha value is -2.81. The Morgan fingerprint density at radius 1 is 0.885 bits per heavy atom. The maximum absolute atomic E-state index is 11.1. The first-order valence-corrected chi connectivity index (χ1v) is 9.17. The summed E-state index contributed by atoms with van der Waals surface area (Å²) in [7, 11) is 0. The molecule has 1 heterocycles. The molecule has 3 nitrogen and oxygen atoms in total. The zero-order valence-corrected chi connectivity index (χ0v) is 15.4. The van der Waals surface area contributed by atoms with Gasteiger partial charge in [-0.25, -0.2) is 0 Å². The largest absolute Gasteiger partial charge is 0.507 e.